The van der Waals surface area contributed by atoms with Crippen molar-refractivity contribution < 1.29 is 8.83 Å². The van der Waals surface area contributed by atoms with Crippen LogP contribution in [0.15, 0.2) is 183 Å². The van der Waals surface area contributed by atoms with Crippen LogP contribution in [-0.4, -0.2) is 5.71 Å². The summed E-state index contributed by atoms with van der Waals surface area (Å²) < 4.78 is 12.6. The van der Waals surface area contributed by atoms with Crippen molar-refractivity contribution >= 4 is 55.3 Å². The van der Waals surface area contributed by atoms with E-state index in [9.17, 15) is 0 Å². The first-order valence-corrected chi connectivity index (χ1v) is 18.3. The number of aliphatic imine (C=N–C) groups is 1. The average molecular weight is 685 g/mol. The molecule has 3 heterocycles. The van der Waals surface area contributed by atoms with Crippen LogP contribution in [-0.2, 0) is 0 Å². The summed E-state index contributed by atoms with van der Waals surface area (Å²) in [4.78, 5) is 5.35. The molecule has 0 saturated heterocycles. The van der Waals surface area contributed by atoms with Gasteiger partial charge in [0, 0.05) is 39.4 Å². The molecule has 0 fully saturated rings. The average Bonchev–Trinajstić information content (AvgIpc) is 3.72. The molecule has 0 amide bonds. The Morgan fingerprint density at radius 2 is 1.15 bits per heavy atom. The molecule has 10 rings (SSSR count). The maximum atomic E-state index is 6.48. The molecule has 0 spiro atoms. The fourth-order valence-corrected chi connectivity index (χ4v) is 7.95. The van der Waals surface area contributed by atoms with Crippen LogP contribution in [0.4, 0.5) is 0 Å². The molecule has 0 radical (unpaired) electrons. The summed E-state index contributed by atoms with van der Waals surface area (Å²) in [5.41, 5.74) is 15.1. The molecule has 1 aliphatic rings. The highest BCUT2D eigenvalue weighted by Crippen LogP contribution is 2.41. The van der Waals surface area contributed by atoms with E-state index in [0.29, 0.717) is 0 Å². The van der Waals surface area contributed by atoms with Crippen LogP contribution in [0.25, 0.3) is 71.8 Å². The summed E-state index contributed by atoms with van der Waals surface area (Å²) in [5.74, 6) is 0. The van der Waals surface area contributed by atoms with Gasteiger partial charge in [-0.2, -0.15) is 0 Å². The molecule has 0 saturated carbocycles. The third-order valence-electron chi connectivity index (χ3n) is 10.6. The van der Waals surface area contributed by atoms with Crippen LogP contribution < -0.4 is 5.32 Å². The van der Waals surface area contributed by atoms with E-state index in [0.717, 1.165) is 107 Å². The predicted octanol–water partition coefficient (Wildman–Crippen LogP) is 13.1. The Kier molecular flexibility index (Phi) is 7.54. The van der Waals surface area contributed by atoms with E-state index in [1.807, 2.05) is 12.1 Å². The second-order valence-corrected chi connectivity index (χ2v) is 13.8. The molecule has 4 heteroatoms. The number of furan rings is 2. The molecule has 9 aromatic rings. The molecule has 2 aromatic heterocycles. The Labute approximate surface area is 307 Å². The lowest BCUT2D eigenvalue weighted by atomic mass is 9.93. The molecule has 0 aliphatic carbocycles. The molecule has 1 atom stereocenters. The van der Waals surface area contributed by atoms with Crippen LogP contribution >= 0.6 is 0 Å². The van der Waals surface area contributed by atoms with Gasteiger partial charge < -0.3 is 14.2 Å². The Hall–Kier alpha value is -6.65. The summed E-state index contributed by atoms with van der Waals surface area (Å²) in [6.07, 6.45) is 1.47. The first-order valence-electron chi connectivity index (χ1n) is 18.3. The smallest absolute Gasteiger partial charge is 0.145 e. The monoisotopic (exact) mass is 684 g/mol. The SMILES string of the molecule is CCC1=C(c2cccc(-c3cccc4oc5ccc(-c6ccc7oc8ccccc8c7c6)cc5c34)c2)N[C@H](c2ccccc2)N=C(c2ccccc2)C1. The molecule has 1 aliphatic heterocycles. The fourth-order valence-electron chi connectivity index (χ4n) is 7.95. The molecule has 4 nitrogen and oxygen atoms in total. The lowest BCUT2D eigenvalue weighted by Gasteiger charge is -2.20. The molecule has 1 N–H and O–H groups in total. The van der Waals surface area contributed by atoms with E-state index < -0.39 is 0 Å². The standard InChI is InChI=1S/C49H36N2O2/c1-2-31-30-42(32-13-5-3-6-14-32)50-49(33-15-7-4-8-16-33)51-48(31)37-18-11-17-36(27-37)38-20-12-22-46-47(38)41-29-35(24-26-45(41)53-46)34-23-25-44-40(28-34)39-19-9-10-21-43(39)52-44/h3-29,49,51H,2,30H2,1H3/t49-/m1/s1. The molecular weight excluding hydrogens is 649 g/mol. The van der Waals surface area contributed by atoms with Crippen molar-refractivity contribution in [2.75, 3.05) is 0 Å². The quantitative estimate of drug-likeness (QED) is 0.190. The summed E-state index contributed by atoms with van der Waals surface area (Å²) >= 11 is 0. The first kappa shape index (κ1) is 31.1. The highest BCUT2D eigenvalue weighted by atomic mass is 16.3. The first-order chi connectivity index (χ1) is 26.2. The minimum absolute atomic E-state index is 0.215. The van der Waals surface area contributed by atoms with Crippen molar-refractivity contribution in [3.63, 3.8) is 0 Å². The molecule has 0 unspecified atom stereocenters. The lowest BCUT2D eigenvalue weighted by Crippen LogP contribution is -2.19. The highest BCUT2D eigenvalue weighted by Gasteiger charge is 2.23. The number of hydrogen-bond donors (Lipinski definition) is 1. The normalized spacial score (nSPS) is 14.9. The van der Waals surface area contributed by atoms with E-state index in [4.69, 9.17) is 13.8 Å². The maximum Gasteiger partial charge on any atom is 0.145 e. The Balaban J connectivity index is 1.08. The number of benzene rings is 7. The van der Waals surface area contributed by atoms with Crippen LogP contribution in [0.3, 0.4) is 0 Å². The Morgan fingerprint density at radius 3 is 1.96 bits per heavy atom. The van der Waals surface area contributed by atoms with E-state index >= 15 is 0 Å². The Bertz CT molecular complexity index is 2880. The number of para-hydroxylation sites is 1. The summed E-state index contributed by atoms with van der Waals surface area (Å²) in [7, 11) is 0. The number of hydrogen-bond acceptors (Lipinski definition) is 4. The maximum absolute atomic E-state index is 6.48. The van der Waals surface area contributed by atoms with Crippen molar-refractivity contribution in [2.24, 2.45) is 4.99 Å². The van der Waals surface area contributed by atoms with Crippen molar-refractivity contribution in [1.29, 1.82) is 0 Å². The van der Waals surface area contributed by atoms with E-state index in [2.05, 4.69) is 164 Å². The number of allylic oxidation sites excluding steroid dienone is 1. The van der Waals surface area contributed by atoms with E-state index in [-0.39, 0.29) is 6.17 Å². The molecular formula is C49H36N2O2. The molecule has 254 valence electrons. The van der Waals surface area contributed by atoms with Gasteiger partial charge in [0.25, 0.3) is 0 Å². The van der Waals surface area contributed by atoms with E-state index in [1.165, 1.54) is 5.57 Å². The Morgan fingerprint density at radius 1 is 0.528 bits per heavy atom. The van der Waals surface area contributed by atoms with Gasteiger partial charge in [0.15, 0.2) is 0 Å². The minimum Gasteiger partial charge on any atom is -0.456 e. The second-order valence-electron chi connectivity index (χ2n) is 13.8. The third-order valence-corrected chi connectivity index (χ3v) is 10.6. The van der Waals surface area contributed by atoms with Gasteiger partial charge in [-0.25, -0.2) is 0 Å². The van der Waals surface area contributed by atoms with Crippen LogP contribution in [0.2, 0.25) is 0 Å². The molecule has 7 aromatic carbocycles. The van der Waals surface area contributed by atoms with Crippen molar-refractivity contribution in [2.45, 2.75) is 25.9 Å². The van der Waals surface area contributed by atoms with Gasteiger partial charge >= 0.3 is 0 Å². The summed E-state index contributed by atoms with van der Waals surface area (Å²) in [6.45, 7) is 2.25. The number of nitrogens with zero attached hydrogens (tertiary/aromatic N) is 1. The van der Waals surface area contributed by atoms with Gasteiger partial charge in [0.1, 0.15) is 28.5 Å². The molecule has 53 heavy (non-hydrogen) atoms. The minimum atomic E-state index is -0.215. The van der Waals surface area contributed by atoms with Gasteiger partial charge in [-0.15, -0.1) is 0 Å². The van der Waals surface area contributed by atoms with Crippen molar-refractivity contribution in [1.82, 2.24) is 5.32 Å². The predicted molar refractivity (Wildman–Crippen MR) is 219 cm³/mol. The topological polar surface area (TPSA) is 50.7 Å². The zero-order valence-electron chi connectivity index (χ0n) is 29.3. The number of rotatable bonds is 6. The highest BCUT2D eigenvalue weighted by molar-refractivity contribution is 6.14. The number of nitrogens with one attached hydrogen (secondary N) is 1. The van der Waals surface area contributed by atoms with Crippen molar-refractivity contribution in [3.05, 3.63) is 186 Å². The fraction of sp³-hybridized carbons (Fsp3) is 0.0816. The van der Waals surface area contributed by atoms with E-state index in [1.54, 1.807) is 0 Å². The van der Waals surface area contributed by atoms with Crippen LogP contribution in [0.1, 0.15) is 42.6 Å². The third kappa shape index (κ3) is 5.51. The molecule has 0 bridgehead atoms. The van der Waals surface area contributed by atoms with Gasteiger partial charge in [0.2, 0.25) is 0 Å². The number of fused-ring (bicyclic) bond motifs is 6. The van der Waals surface area contributed by atoms with Gasteiger partial charge in [-0.1, -0.05) is 128 Å². The lowest BCUT2D eigenvalue weighted by molar-refractivity contribution is 0.668. The summed E-state index contributed by atoms with van der Waals surface area (Å²) in [6, 6.07) is 57.7. The zero-order valence-corrected chi connectivity index (χ0v) is 29.3. The van der Waals surface area contributed by atoms with Gasteiger partial charge in [-0.05, 0) is 93.4 Å². The van der Waals surface area contributed by atoms with Gasteiger partial charge in [-0.3, -0.25) is 4.99 Å². The second kappa shape index (κ2) is 12.8. The van der Waals surface area contributed by atoms with Crippen molar-refractivity contribution in [3.8, 4) is 22.3 Å². The van der Waals surface area contributed by atoms with Gasteiger partial charge in [0.05, 0.1) is 0 Å². The van der Waals surface area contributed by atoms with Crippen LogP contribution in [0.5, 0.6) is 0 Å². The largest absolute Gasteiger partial charge is 0.456 e. The van der Waals surface area contributed by atoms with Crippen LogP contribution in [0, 0.1) is 0 Å². The summed E-state index contributed by atoms with van der Waals surface area (Å²) in [5, 5.41) is 8.37. The zero-order chi connectivity index (χ0) is 35.3.